The van der Waals surface area contributed by atoms with E-state index in [-0.39, 0.29) is 0 Å². The maximum absolute atomic E-state index is 10.3. The largest absolute Gasteiger partial charge is 0.470 e. The highest BCUT2D eigenvalue weighted by atomic mass is 32.3. The van der Waals surface area contributed by atoms with Gasteiger partial charge in [-0.1, -0.05) is 0 Å². The normalized spacial score (nSPS) is 12.5. The third kappa shape index (κ3) is 9.40. The van der Waals surface area contributed by atoms with Crippen LogP contribution in [0, 0.1) is 0 Å². The van der Waals surface area contributed by atoms with Crippen molar-refractivity contribution in [3.63, 3.8) is 0 Å². The van der Waals surface area contributed by atoms with E-state index in [1.54, 1.807) is 0 Å². The molecule has 0 fully saturated rings. The molecule has 0 saturated heterocycles. The van der Waals surface area contributed by atoms with Crippen molar-refractivity contribution in [1.82, 2.24) is 0 Å². The lowest BCUT2D eigenvalue weighted by Gasteiger charge is -2.02. The van der Waals surface area contributed by atoms with Gasteiger partial charge in [0.2, 0.25) is 0 Å². The van der Waals surface area contributed by atoms with Crippen LogP contribution in [-0.2, 0) is 28.5 Å². The van der Waals surface area contributed by atoms with Crippen molar-refractivity contribution in [2.75, 3.05) is 6.61 Å². The van der Waals surface area contributed by atoms with Gasteiger partial charge in [0.15, 0.2) is 6.61 Å². The Hall–Kier alpha value is -0.510. The van der Waals surface area contributed by atoms with Crippen LogP contribution in [0.2, 0.25) is 0 Å². The molecule has 0 aliphatic heterocycles. The molecule has 0 radical (unpaired) electrons. The molecule has 0 aliphatic carbocycles. The van der Waals surface area contributed by atoms with Crippen LogP contribution in [0.1, 0.15) is 0 Å². The Morgan fingerprint density at radius 3 is 2.15 bits per heavy atom. The molecule has 13 heavy (non-hydrogen) atoms. The number of phosphoric ester groups is 1. The van der Waals surface area contributed by atoms with Gasteiger partial charge in [0, 0.05) is 0 Å². The lowest BCUT2D eigenvalue weighted by Crippen LogP contribution is -2.16. The predicted molar refractivity (Wildman–Crippen MR) is 35.6 cm³/mol. The molecule has 0 saturated carbocycles. The lowest BCUT2D eigenvalue weighted by molar-refractivity contribution is -0.137. The third-order valence-electron chi connectivity index (χ3n) is 0.549. The van der Waals surface area contributed by atoms with E-state index < -0.39 is 30.8 Å². The molecule has 9 nitrogen and oxygen atoms in total. The molecule has 0 atom stereocenters. The van der Waals surface area contributed by atoms with E-state index in [1.807, 2.05) is 0 Å². The van der Waals surface area contributed by atoms with Gasteiger partial charge in [-0.15, -0.1) is 0 Å². The van der Waals surface area contributed by atoms with E-state index in [0.717, 1.165) is 0 Å². The molecule has 78 valence electrons. The highest BCUT2D eigenvalue weighted by Crippen LogP contribution is 2.35. The van der Waals surface area contributed by atoms with Crippen molar-refractivity contribution in [2.24, 2.45) is 0 Å². The Morgan fingerprint density at radius 1 is 1.38 bits per heavy atom. The second-order valence-electron chi connectivity index (χ2n) is 1.65. The average molecular weight is 236 g/mol. The van der Waals surface area contributed by atoms with Crippen molar-refractivity contribution < 1.29 is 40.8 Å². The third-order valence-corrected chi connectivity index (χ3v) is 1.41. The first-order valence-corrected chi connectivity index (χ1v) is 5.39. The molecule has 0 spiro atoms. The number of phosphoric acid groups is 1. The zero-order valence-electron chi connectivity index (χ0n) is 5.85. The summed E-state index contributed by atoms with van der Waals surface area (Å²) in [6.45, 7) is -1.29. The van der Waals surface area contributed by atoms with Gasteiger partial charge in [0.05, 0.1) is 0 Å². The first kappa shape index (κ1) is 12.5. The van der Waals surface area contributed by atoms with Gasteiger partial charge in [0.25, 0.3) is 0 Å². The second-order valence-corrected chi connectivity index (χ2v) is 3.91. The number of rotatable bonds is 4. The van der Waals surface area contributed by atoms with Gasteiger partial charge in [-0.25, -0.2) is 9.36 Å². The van der Waals surface area contributed by atoms with Crippen molar-refractivity contribution in [1.29, 1.82) is 0 Å². The zero-order valence-corrected chi connectivity index (χ0v) is 7.56. The van der Waals surface area contributed by atoms with Crippen LogP contribution in [-0.4, -0.2) is 35.3 Å². The van der Waals surface area contributed by atoms with E-state index in [0.29, 0.717) is 0 Å². The summed E-state index contributed by atoms with van der Waals surface area (Å²) in [5, 5.41) is 0. The highest BCUT2D eigenvalue weighted by molar-refractivity contribution is 7.81. The smallest absolute Gasteiger partial charge is 0.322 e. The highest BCUT2D eigenvalue weighted by Gasteiger charge is 2.20. The first-order chi connectivity index (χ1) is 5.60. The summed E-state index contributed by atoms with van der Waals surface area (Å²) in [4.78, 5) is 26.3. The molecular weight excluding hydrogens is 231 g/mol. The van der Waals surface area contributed by atoms with Gasteiger partial charge < -0.3 is 14.0 Å². The van der Waals surface area contributed by atoms with Gasteiger partial charge in [-0.05, 0) is 0 Å². The summed E-state index contributed by atoms with van der Waals surface area (Å²) >= 11 is 0. The Kier molecular flexibility index (Phi) is 3.97. The molecule has 0 aliphatic rings. The molecule has 0 heterocycles. The van der Waals surface area contributed by atoms with Gasteiger partial charge >= 0.3 is 24.2 Å². The number of carbonyl (C=O) groups excluding carboxylic acids is 1. The molecule has 0 aromatic carbocycles. The standard InChI is InChI=1S/C2H5O9PS/c3-2(11-13(7,8)9)1-10-12(4,5)6/h1H2,(H2,4,5,6)(H,7,8,9). The van der Waals surface area contributed by atoms with Gasteiger partial charge in [0.1, 0.15) is 0 Å². The quantitative estimate of drug-likeness (QED) is 0.389. The minimum Gasteiger partial charge on any atom is -0.322 e. The van der Waals surface area contributed by atoms with E-state index >= 15 is 0 Å². The van der Waals surface area contributed by atoms with Crippen LogP contribution in [0.25, 0.3) is 0 Å². The SMILES string of the molecule is O=C(COP(=O)(O)O)OS(=O)(=O)O. The topological polar surface area (TPSA) is 147 Å². The zero-order chi connectivity index (χ0) is 10.7. The fourth-order valence-corrected chi connectivity index (χ4v) is 0.835. The fourth-order valence-electron chi connectivity index (χ4n) is 0.278. The average Bonchev–Trinajstić information content (AvgIpc) is 1.78. The Balaban J connectivity index is 3.99. The molecule has 0 aromatic rings. The summed E-state index contributed by atoms with van der Waals surface area (Å²) in [6.07, 6.45) is 0. The molecule has 0 aromatic heterocycles. The van der Waals surface area contributed by atoms with Crippen LogP contribution in [0.5, 0.6) is 0 Å². The number of hydrogen-bond acceptors (Lipinski definition) is 6. The fraction of sp³-hybridized carbons (Fsp3) is 0.500. The maximum atomic E-state index is 10.3. The molecule has 11 heteroatoms. The van der Waals surface area contributed by atoms with Crippen molar-refractivity contribution in [2.45, 2.75) is 0 Å². The van der Waals surface area contributed by atoms with E-state index in [2.05, 4.69) is 8.71 Å². The summed E-state index contributed by atoms with van der Waals surface area (Å²) in [5.41, 5.74) is 0. The maximum Gasteiger partial charge on any atom is 0.470 e. The van der Waals surface area contributed by atoms with Crippen molar-refractivity contribution >= 4 is 24.2 Å². The van der Waals surface area contributed by atoms with E-state index in [1.165, 1.54) is 0 Å². The number of carbonyl (C=O) groups is 1. The van der Waals surface area contributed by atoms with Crippen molar-refractivity contribution in [3.05, 3.63) is 0 Å². The summed E-state index contributed by atoms with van der Waals surface area (Å²) in [5.74, 6) is -1.65. The minimum atomic E-state index is -4.97. The molecule has 3 N–H and O–H groups in total. The van der Waals surface area contributed by atoms with E-state index in [9.17, 15) is 17.8 Å². The Morgan fingerprint density at radius 2 is 1.85 bits per heavy atom. The van der Waals surface area contributed by atoms with Crippen LogP contribution < -0.4 is 0 Å². The summed E-state index contributed by atoms with van der Waals surface area (Å²) in [6, 6.07) is 0. The van der Waals surface area contributed by atoms with Gasteiger partial charge in [-0.3, -0.25) is 9.08 Å². The van der Waals surface area contributed by atoms with Crippen molar-refractivity contribution in [3.8, 4) is 0 Å². The molecule has 0 rings (SSSR count). The summed E-state index contributed by atoms with van der Waals surface area (Å²) in [7, 11) is -9.84. The first-order valence-electron chi connectivity index (χ1n) is 2.50. The van der Waals surface area contributed by atoms with Crippen LogP contribution in [0.4, 0.5) is 0 Å². The Bertz CT molecular complexity index is 322. The number of hydrogen-bond donors (Lipinski definition) is 3. The van der Waals surface area contributed by atoms with Crippen LogP contribution in [0.15, 0.2) is 0 Å². The monoisotopic (exact) mass is 236 g/mol. The minimum absolute atomic E-state index is 1.29. The Labute approximate surface area is 72.5 Å². The molecule has 0 unspecified atom stereocenters. The predicted octanol–water partition coefficient (Wildman–Crippen LogP) is -1.56. The summed E-state index contributed by atoms with van der Waals surface area (Å²) < 4.78 is 44.3. The van der Waals surface area contributed by atoms with Crippen LogP contribution >= 0.6 is 7.82 Å². The van der Waals surface area contributed by atoms with E-state index in [4.69, 9.17) is 14.3 Å². The lowest BCUT2D eigenvalue weighted by atomic mass is 10.8. The van der Waals surface area contributed by atoms with Gasteiger partial charge in [-0.2, -0.15) is 8.42 Å². The molecule has 0 bridgehead atoms. The molecular formula is C2H5O9PS. The molecule has 0 amide bonds. The second kappa shape index (κ2) is 4.13. The van der Waals surface area contributed by atoms with Crippen LogP contribution in [0.3, 0.4) is 0 Å².